The van der Waals surface area contributed by atoms with Crippen LogP contribution >= 0.6 is 23.1 Å². The van der Waals surface area contributed by atoms with E-state index in [9.17, 15) is 4.79 Å². The van der Waals surface area contributed by atoms with Crippen molar-refractivity contribution in [2.45, 2.75) is 31.0 Å². The SMILES string of the molecule is CC(C)CSc1nnc(NC(=O)CCc2cccc3ccccc23)s1. The molecule has 0 saturated carbocycles. The Morgan fingerprint density at radius 2 is 1.96 bits per heavy atom. The first-order chi connectivity index (χ1) is 12.1. The van der Waals surface area contributed by atoms with Crippen molar-refractivity contribution in [1.29, 1.82) is 0 Å². The van der Waals surface area contributed by atoms with Gasteiger partial charge in [-0.3, -0.25) is 4.79 Å². The standard InChI is InChI=1S/C19H21N3OS2/c1-13(2)12-24-19-22-21-18(25-19)20-17(23)11-10-15-8-5-7-14-6-3-4-9-16(14)15/h3-9,13H,10-12H2,1-2H3,(H,20,21,23). The van der Waals surface area contributed by atoms with Gasteiger partial charge in [-0.25, -0.2) is 0 Å². The molecule has 0 saturated heterocycles. The molecule has 3 rings (SSSR count). The Kier molecular flexibility index (Phi) is 6.04. The first-order valence-electron chi connectivity index (χ1n) is 8.34. The number of carbonyl (C=O) groups is 1. The quantitative estimate of drug-likeness (QED) is 0.468. The molecule has 4 nitrogen and oxygen atoms in total. The molecule has 0 bridgehead atoms. The summed E-state index contributed by atoms with van der Waals surface area (Å²) in [6.07, 6.45) is 1.14. The van der Waals surface area contributed by atoms with Crippen LogP contribution in [-0.4, -0.2) is 21.9 Å². The van der Waals surface area contributed by atoms with Crippen LogP contribution in [0.5, 0.6) is 0 Å². The van der Waals surface area contributed by atoms with Gasteiger partial charge in [-0.05, 0) is 28.7 Å². The summed E-state index contributed by atoms with van der Waals surface area (Å²) in [7, 11) is 0. The zero-order chi connectivity index (χ0) is 17.6. The van der Waals surface area contributed by atoms with E-state index in [2.05, 4.69) is 53.6 Å². The van der Waals surface area contributed by atoms with E-state index in [1.807, 2.05) is 18.2 Å². The molecule has 0 unspecified atom stereocenters. The second-order valence-corrected chi connectivity index (χ2v) is 8.51. The second kappa shape index (κ2) is 8.45. The van der Waals surface area contributed by atoms with Crippen molar-refractivity contribution < 1.29 is 4.79 Å². The number of carbonyl (C=O) groups excluding carboxylic acids is 1. The summed E-state index contributed by atoms with van der Waals surface area (Å²) in [6.45, 7) is 4.34. The first kappa shape index (κ1) is 17.9. The van der Waals surface area contributed by atoms with E-state index >= 15 is 0 Å². The third-order valence-electron chi connectivity index (χ3n) is 3.69. The van der Waals surface area contributed by atoms with Gasteiger partial charge in [0.05, 0.1) is 0 Å². The van der Waals surface area contributed by atoms with E-state index in [0.29, 0.717) is 23.9 Å². The fourth-order valence-corrected chi connectivity index (χ4v) is 4.24. The maximum Gasteiger partial charge on any atom is 0.226 e. The predicted octanol–water partition coefficient (Wildman–Crippen LogP) is 5.01. The van der Waals surface area contributed by atoms with E-state index in [4.69, 9.17) is 0 Å². The minimum Gasteiger partial charge on any atom is -0.300 e. The molecule has 0 aliphatic heterocycles. The summed E-state index contributed by atoms with van der Waals surface area (Å²) in [6, 6.07) is 14.5. The predicted molar refractivity (Wildman–Crippen MR) is 106 cm³/mol. The van der Waals surface area contributed by atoms with Gasteiger partial charge in [-0.1, -0.05) is 79.4 Å². The van der Waals surface area contributed by atoms with Gasteiger partial charge in [0.15, 0.2) is 4.34 Å². The molecule has 0 aliphatic carbocycles. The van der Waals surface area contributed by atoms with Crippen molar-refractivity contribution in [2.24, 2.45) is 5.92 Å². The zero-order valence-corrected chi connectivity index (χ0v) is 16.0. The molecule has 2 aromatic carbocycles. The number of anilines is 1. The van der Waals surface area contributed by atoms with E-state index in [1.54, 1.807) is 11.8 Å². The third kappa shape index (κ3) is 5.03. The Hall–Kier alpha value is -1.92. The molecule has 0 fully saturated rings. The number of fused-ring (bicyclic) bond motifs is 1. The molecule has 6 heteroatoms. The first-order valence-corrected chi connectivity index (χ1v) is 10.1. The molecule has 0 aliphatic rings. The molecule has 1 aromatic heterocycles. The molecule has 0 atom stereocenters. The number of thioether (sulfide) groups is 1. The average molecular weight is 372 g/mol. The van der Waals surface area contributed by atoms with Gasteiger partial charge in [0, 0.05) is 12.2 Å². The number of amides is 1. The molecule has 0 radical (unpaired) electrons. The Bertz CT molecular complexity index is 855. The van der Waals surface area contributed by atoms with Crippen LogP contribution in [0.2, 0.25) is 0 Å². The zero-order valence-electron chi connectivity index (χ0n) is 14.4. The number of aromatic nitrogens is 2. The Morgan fingerprint density at radius 1 is 1.16 bits per heavy atom. The maximum atomic E-state index is 12.2. The third-order valence-corrected chi connectivity index (χ3v) is 6.09. The lowest BCUT2D eigenvalue weighted by Gasteiger charge is -2.06. The molecule has 1 heterocycles. The van der Waals surface area contributed by atoms with Crippen molar-refractivity contribution in [3.05, 3.63) is 48.0 Å². The van der Waals surface area contributed by atoms with E-state index in [0.717, 1.165) is 10.1 Å². The topological polar surface area (TPSA) is 54.9 Å². The lowest BCUT2D eigenvalue weighted by atomic mass is 10.0. The molecule has 130 valence electrons. The van der Waals surface area contributed by atoms with Crippen LogP contribution in [0.25, 0.3) is 10.8 Å². The minimum absolute atomic E-state index is 0.0236. The summed E-state index contributed by atoms with van der Waals surface area (Å²) < 4.78 is 0.901. The Morgan fingerprint density at radius 3 is 2.80 bits per heavy atom. The van der Waals surface area contributed by atoms with Crippen LogP contribution < -0.4 is 5.32 Å². The number of aryl methyl sites for hydroxylation is 1. The Balaban J connectivity index is 1.56. The fraction of sp³-hybridized carbons (Fsp3) is 0.316. The molecule has 0 spiro atoms. The lowest BCUT2D eigenvalue weighted by Crippen LogP contribution is -2.12. The van der Waals surface area contributed by atoms with E-state index in [1.165, 1.54) is 27.7 Å². The van der Waals surface area contributed by atoms with Crippen LogP contribution in [0.4, 0.5) is 5.13 Å². The van der Waals surface area contributed by atoms with Gasteiger partial charge < -0.3 is 5.32 Å². The highest BCUT2D eigenvalue weighted by atomic mass is 32.2. The van der Waals surface area contributed by atoms with Gasteiger partial charge in [0.2, 0.25) is 11.0 Å². The van der Waals surface area contributed by atoms with Crippen molar-refractivity contribution >= 4 is 44.9 Å². The normalized spacial score (nSPS) is 11.2. The summed E-state index contributed by atoms with van der Waals surface area (Å²) in [4.78, 5) is 12.2. The number of rotatable bonds is 7. The largest absolute Gasteiger partial charge is 0.300 e. The summed E-state index contributed by atoms with van der Waals surface area (Å²) in [5.41, 5.74) is 1.19. The number of benzene rings is 2. The van der Waals surface area contributed by atoms with E-state index < -0.39 is 0 Å². The highest BCUT2D eigenvalue weighted by Crippen LogP contribution is 2.27. The van der Waals surface area contributed by atoms with Crippen LogP contribution in [-0.2, 0) is 11.2 Å². The maximum absolute atomic E-state index is 12.2. The Labute approximate surface area is 156 Å². The molecular weight excluding hydrogens is 350 g/mol. The summed E-state index contributed by atoms with van der Waals surface area (Å²) in [5, 5.41) is 14.0. The highest BCUT2D eigenvalue weighted by molar-refractivity contribution is 8.01. The lowest BCUT2D eigenvalue weighted by molar-refractivity contribution is -0.116. The van der Waals surface area contributed by atoms with Crippen molar-refractivity contribution in [1.82, 2.24) is 10.2 Å². The number of nitrogens with one attached hydrogen (secondary N) is 1. The van der Waals surface area contributed by atoms with Crippen molar-refractivity contribution in [2.75, 3.05) is 11.1 Å². The van der Waals surface area contributed by atoms with Gasteiger partial charge in [0.25, 0.3) is 0 Å². The molecule has 25 heavy (non-hydrogen) atoms. The smallest absolute Gasteiger partial charge is 0.226 e. The van der Waals surface area contributed by atoms with Crippen molar-refractivity contribution in [3.63, 3.8) is 0 Å². The van der Waals surface area contributed by atoms with Crippen molar-refractivity contribution in [3.8, 4) is 0 Å². The van der Waals surface area contributed by atoms with Crippen LogP contribution in [0.15, 0.2) is 46.8 Å². The van der Waals surface area contributed by atoms with Crippen LogP contribution in [0, 0.1) is 5.92 Å². The van der Waals surface area contributed by atoms with Gasteiger partial charge >= 0.3 is 0 Å². The van der Waals surface area contributed by atoms with Gasteiger partial charge in [-0.15, -0.1) is 10.2 Å². The summed E-state index contributed by atoms with van der Waals surface area (Å²) in [5.74, 6) is 1.58. The number of nitrogens with zero attached hydrogens (tertiary/aromatic N) is 2. The molecule has 1 N–H and O–H groups in total. The van der Waals surface area contributed by atoms with Gasteiger partial charge in [-0.2, -0.15) is 0 Å². The number of hydrogen-bond donors (Lipinski definition) is 1. The van der Waals surface area contributed by atoms with Crippen LogP contribution in [0.1, 0.15) is 25.8 Å². The highest BCUT2D eigenvalue weighted by Gasteiger charge is 2.10. The number of hydrogen-bond acceptors (Lipinski definition) is 5. The second-order valence-electron chi connectivity index (χ2n) is 6.26. The summed E-state index contributed by atoms with van der Waals surface area (Å²) >= 11 is 3.12. The molecular formula is C19H21N3OS2. The molecule has 3 aromatic rings. The monoisotopic (exact) mass is 371 g/mol. The van der Waals surface area contributed by atoms with Crippen LogP contribution in [0.3, 0.4) is 0 Å². The molecule has 1 amide bonds. The van der Waals surface area contributed by atoms with E-state index in [-0.39, 0.29) is 5.91 Å². The fourth-order valence-electron chi connectivity index (χ4n) is 2.50. The van der Waals surface area contributed by atoms with Gasteiger partial charge in [0.1, 0.15) is 0 Å². The average Bonchev–Trinajstić information content (AvgIpc) is 3.05. The minimum atomic E-state index is -0.0236.